The van der Waals surface area contributed by atoms with Crippen LogP contribution in [0.15, 0.2) is 0 Å². The largest absolute Gasteiger partial charge is 0.358 e. The second-order valence-electron chi connectivity index (χ2n) is 2.94. The van der Waals surface area contributed by atoms with E-state index in [2.05, 4.69) is 17.2 Å². The summed E-state index contributed by atoms with van der Waals surface area (Å²) in [6.07, 6.45) is 0.859. The van der Waals surface area contributed by atoms with E-state index in [1.165, 1.54) is 0 Å². The summed E-state index contributed by atoms with van der Waals surface area (Å²) in [7, 11) is 3.53. The molecule has 13 heavy (non-hydrogen) atoms. The molecule has 0 saturated heterocycles. The van der Waals surface area contributed by atoms with Crippen LogP contribution >= 0.6 is 0 Å². The van der Waals surface area contributed by atoms with Crippen LogP contribution in [0.3, 0.4) is 0 Å². The third-order valence-electron chi connectivity index (χ3n) is 1.82. The number of hydrogen-bond donors (Lipinski definition) is 1. The van der Waals surface area contributed by atoms with Gasteiger partial charge in [0.15, 0.2) is 0 Å². The molecule has 1 atom stereocenters. The minimum Gasteiger partial charge on any atom is -0.358 e. The number of hydrogen-bond acceptors (Lipinski definition) is 2. The Morgan fingerprint density at radius 1 is 1.62 bits per heavy atom. The van der Waals surface area contributed by atoms with Gasteiger partial charge in [-0.3, -0.25) is 9.69 Å². The molecule has 0 aliphatic rings. The molecule has 0 heterocycles. The lowest BCUT2D eigenvalue weighted by atomic mass is 10.3. The molecule has 0 bridgehead atoms. The van der Waals surface area contributed by atoms with Gasteiger partial charge in [-0.25, -0.2) is 0 Å². The fraction of sp³-hybridized carbons (Fsp3) is 0.700. The van der Waals surface area contributed by atoms with Gasteiger partial charge in [-0.2, -0.15) is 0 Å². The molecule has 1 unspecified atom stereocenters. The average molecular weight is 182 g/mol. The number of carbonyl (C=O) groups is 1. The minimum absolute atomic E-state index is 0.0210. The molecule has 0 rings (SSSR count). The van der Waals surface area contributed by atoms with Gasteiger partial charge in [-0.05, 0) is 14.0 Å². The molecule has 74 valence electrons. The topological polar surface area (TPSA) is 32.3 Å². The van der Waals surface area contributed by atoms with Crippen molar-refractivity contribution in [1.82, 2.24) is 10.2 Å². The van der Waals surface area contributed by atoms with Crippen molar-refractivity contribution in [3.63, 3.8) is 0 Å². The Labute approximate surface area is 80.5 Å². The molecule has 3 heteroatoms. The van der Waals surface area contributed by atoms with Gasteiger partial charge in [0.25, 0.3) is 0 Å². The van der Waals surface area contributed by atoms with E-state index in [-0.39, 0.29) is 11.9 Å². The van der Waals surface area contributed by atoms with Crippen molar-refractivity contribution in [2.75, 3.05) is 20.6 Å². The summed E-state index contributed by atoms with van der Waals surface area (Å²) in [6.45, 7) is 4.40. The highest BCUT2D eigenvalue weighted by atomic mass is 16.1. The second-order valence-corrected chi connectivity index (χ2v) is 2.94. The van der Waals surface area contributed by atoms with Crippen LogP contribution in [0, 0.1) is 11.8 Å². The quantitative estimate of drug-likeness (QED) is 0.643. The molecule has 0 radical (unpaired) electrons. The molecule has 1 amide bonds. The van der Waals surface area contributed by atoms with Crippen LogP contribution in [0.2, 0.25) is 0 Å². The Bertz CT molecular complexity index is 215. The van der Waals surface area contributed by atoms with E-state index < -0.39 is 0 Å². The van der Waals surface area contributed by atoms with Crippen molar-refractivity contribution >= 4 is 5.91 Å². The van der Waals surface area contributed by atoms with Gasteiger partial charge in [0, 0.05) is 13.5 Å². The second kappa shape index (κ2) is 6.50. The lowest BCUT2D eigenvalue weighted by Gasteiger charge is -2.18. The molecular weight excluding hydrogens is 164 g/mol. The molecule has 0 aliphatic carbocycles. The first-order chi connectivity index (χ1) is 6.11. The highest BCUT2D eigenvalue weighted by Gasteiger charge is 2.08. The zero-order chi connectivity index (χ0) is 10.3. The van der Waals surface area contributed by atoms with Crippen molar-refractivity contribution in [1.29, 1.82) is 0 Å². The molecule has 1 N–H and O–H groups in total. The van der Waals surface area contributed by atoms with Crippen molar-refractivity contribution in [2.24, 2.45) is 0 Å². The lowest BCUT2D eigenvalue weighted by Crippen LogP contribution is -2.37. The maximum atomic E-state index is 11.0. The average Bonchev–Trinajstić information content (AvgIpc) is 2.13. The molecule has 3 nitrogen and oxygen atoms in total. The highest BCUT2D eigenvalue weighted by Crippen LogP contribution is 1.92. The third-order valence-corrected chi connectivity index (χ3v) is 1.82. The third kappa shape index (κ3) is 5.26. The van der Waals surface area contributed by atoms with Gasteiger partial charge in [-0.1, -0.05) is 12.8 Å². The molecular formula is C10H18N2O. The number of rotatable bonds is 3. The summed E-state index contributed by atoms with van der Waals surface area (Å²) in [5.41, 5.74) is 0. The molecule has 0 aromatic rings. The summed E-state index contributed by atoms with van der Waals surface area (Å²) in [6, 6.07) is 0.136. The number of carbonyl (C=O) groups excluding carboxylic acids is 1. The van der Waals surface area contributed by atoms with Crippen molar-refractivity contribution in [3.05, 3.63) is 0 Å². The Balaban J connectivity index is 3.95. The summed E-state index contributed by atoms with van der Waals surface area (Å²) < 4.78 is 0. The zero-order valence-corrected chi connectivity index (χ0v) is 8.85. The predicted octanol–water partition coefficient (Wildman–Crippen LogP) is 0.466. The summed E-state index contributed by atoms with van der Waals surface area (Å²) >= 11 is 0. The fourth-order valence-electron chi connectivity index (χ4n) is 0.802. The normalized spacial score (nSPS) is 11.8. The molecule has 0 fully saturated rings. The van der Waals surface area contributed by atoms with Crippen LogP contribution in [0.4, 0.5) is 0 Å². The molecule has 0 aliphatic heterocycles. The minimum atomic E-state index is 0.0210. The standard InChI is InChI=1S/C10H18N2O/c1-5-6-7-9(2)12(4)8-10(13)11-3/h9H,5,8H2,1-4H3,(H,11,13). The van der Waals surface area contributed by atoms with Crippen LogP contribution < -0.4 is 5.32 Å². The number of nitrogens with zero attached hydrogens (tertiary/aromatic N) is 1. The van der Waals surface area contributed by atoms with Gasteiger partial charge in [-0.15, -0.1) is 5.92 Å². The Hall–Kier alpha value is -1.01. The number of amides is 1. The van der Waals surface area contributed by atoms with Gasteiger partial charge < -0.3 is 5.32 Å². The molecule has 0 aromatic carbocycles. The van der Waals surface area contributed by atoms with Crippen LogP contribution in [0.5, 0.6) is 0 Å². The van der Waals surface area contributed by atoms with E-state index in [4.69, 9.17) is 0 Å². The van der Waals surface area contributed by atoms with E-state index in [0.29, 0.717) is 6.54 Å². The van der Waals surface area contributed by atoms with Crippen LogP contribution in [-0.2, 0) is 4.79 Å². The molecule has 0 aromatic heterocycles. The van der Waals surface area contributed by atoms with Crippen LogP contribution in [0.1, 0.15) is 20.3 Å². The van der Waals surface area contributed by atoms with E-state index in [0.717, 1.165) is 6.42 Å². The maximum absolute atomic E-state index is 11.0. The van der Waals surface area contributed by atoms with Gasteiger partial charge in [0.05, 0.1) is 12.6 Å². The van der Waals surface area contributed by atoms with E-state index in [1.807, 2.05) is 25.8 Å². The van der Waals surface area contributed by atoms with Gasteiger partial charge in [0.2, 0.25) is 5.91 Å². The summed E-state index contributed by atoms with van der Waals surface area (Å²) in [5.74, 6) is 6.08. The summed E-state index contributed by atoms with van der Waals surface area (Å²) in [5, 5.41) is 2.58. The Morgan fingerprint density at radius 3 is 2.69 bits per heavy atom. The first-order valence-electron chi connectivity index (χ1n) is 4.51. The zero-order valence-electron chi connectivity index (χ0n) is 8.85. The summed E-state index contributed by atoms with van der Waals surface area (Å²) in [4.78, 5) is 12.9. The van der Waals surface area contributed by atoms with Crippen molar-refractivity contribution < 1.29 is 4.79 Å². The van der Waals surface area contributed by atoms with Crippen molar-refractivity contribution in [3.8, 4) is 11.8 Å². The highest BCUT2D eigenvalue weighted by molar-refractivity contribution is 5.77. The van der Waals surface area contributed by atoms with E-state index in [9.17, 15) is 4.79 Å². The smallest absolute Gasteiger partial charge is 0.233 e. The molecule has 0 saturated carbocycles. The fourth-order valence-corrected chi connectivity index (χ4v) is 0.802. The van der Waals surface area contributed by atoms with E-state index >= 15 is 0 Å². The molecule has 0 spiro atoms. The monoisotopic (exact) mass is 182 g/mol. The van der Waals surface area contributed by atoms with Crippen LogP contribution in [0.25, 0.3) is 0 Å². The van der Waals surface area contributed by atoms with Gasteiger partial charge >= 0.3 is 0 Å². The predicted molar refractivity (Wildman–Crippen MR) is 54.2 cm³/mol. The SMILES string of the molecule is CCC#CC(C)N(C)CC(=O)NC. The lowest BCUT2D eigenvalue weighted by molar-refractivity contribution is -0.121. The van der Waals surface area contributed by atoms with E-state index in [1.54, 1.807) is 7.05 Å². The maximum Gasteiger partial charge on any atom is 0.233 e. The van der Waals surface area contributed by atoms with Crippen LogP contribution in [-0.4, -0.2) is 37.5 Å². The number of likely N-dealkylation sites (N-methyl/N-ethyl adjacent to an activating group) is 2. The first kappa shape index (κ1) is 12.0. The first-order valence-corrected chi connectivity index (χ1v) is 4.51. The Kier molecular flexibility index (Phi) is 5.99. The van der Waals surface area contributed by atoms with Crippen molar-refractivity contribution in [2.45, 2.75) is 26.3 Å². The number of nitrogens with one attached hydrogen (secondary N) is 1. The Morgan fingerprint density at radius 2 is 2.23 bits per heavy atom. The van der Waals surface area contributed by atoms with Gasteiger partial charge in [0.1, 0.15) is 0 Å².